The van der Waals surface area contributed by atoms with Crippen molar-refractivity contribution in [2.45, 2.75) is 6.92 Å². The third-order valence-electron chi connectivity index (χ3n) is 4.67. The first kappa shape index (κ1) is 24.0. The van der Waals surface area contributed by atoms with Gasteiger partial charge in [0.2, 0.25) is 0 Å². The summed E-state index contributed by atoms with van der Waals surface area (Å²) in [5, 5.41) is 6.44. The highest BCUT2D eigenvalue weighted by atomic mass is 16.6. The van der Waals surface area contributed by atoms with Crippen LogP contribution >= 0.6 is 0 Å². The molecule has 0 saturated carbocycles. The van der Waals surface area contributed by atoms with E-state index >= 15 is 0 Å². The number of nitrogens with one attached hydrogen (secondary N) is 2. The van der Waals surface area contributed by atoms with Crippen LogP contribution in [0.3, 0.4) is 0 Å². The number of ether oxygens (including phenoxy) is 3. The van der Waals surface area contributed by atoms with E-state index in [1.54, 1.807) is 79.7 Å². The number of hydrazone groups is 1. The standard InChI is InChI=1S/C25H23N3O6/c1-16(27-28-24(30)23(29)26-19-10-12-20(32-2)13-11-19)18-9-14-21(22(15-18)33-3)34-25(31)17-7-5-4-6-8-17/h4-15H,1-3H3,(H,26,29)(H,28,30)/b27-16+. The van der Waals surface area contributed by atoms with Gasteiger partial charge in [0.15, 0.2) is 11.5 Å². The highest BCUT2D eigenvalue weighted by Crippen LogP contribution is 2.29. The number of carbonyl (C=O) groups excluding carboxylic acids is 3. The number of esters is 1. The Morgan fingerprint density at radius 2 is 1.47 bits per heavy atom. The number of benzene rings is 3. The summed E-state index contributed by atoms with van der Waals surface area (Å²) in [5.74, 6) is -1.17. The maximum absolute atomic E-state index is 12.3. The molecule has 0 aliphatic heterocycles. The monoisotopic (exact) mass is 461 g/mol. The second-order valence-corrected chi connectivity index (χ2v) is 6.94. The first-order chi connectivity index (χ1) is 16.4. The molecular weight excluding hydrogens is 438 g/mol. The zero-order chi connectivity index (χ0) is 24.5. The van der Waals surface area contributed by atoms with Crippen LogP contribution < -0.4 is 25.0 Å². The molecule has 34 heavy (non-hydrogen) atoms. The predicted octanol–water partition coefficient (Wildman–Crippen LogP) is 3.40. The molecule has 9 heteroatoms. The summed E-state index contributed by atoms with van der Waals surface area (Å²) >= 11 is 0. The third kappa shape index (κ3) is 6.19. The van der Waals surface area contributed by atoms with Crippen LogP contribution in [0.25, 0.3) is 0 Å². The molecule has 0 atom stereocenters. The van der Waals surface area contributed by atoms with Crippen molar-refractivity contribution in [1.82, 2.24) is 5.43 Å². The van der Waals surface area contributed by atoms with Crippen LogP contribution in [0, 0.1) is 0 Å². The smallest absolute Gasteiger partial charge is 0.343 e. The fourth-order valence-corrected chi connectivity index (χ4v) is 2.82. The van der Waals surface area contributed by atoms with Gasteiger partial charge in [-0.15, -0.1) is 0 Å². The lowest BCUT2D eigenvalue weighted by Gasteiger charge is -2.11. The molecule has 2 N–H and O–H groups in total. The lowest BCUT2D eigenvalue weighted by atomic mass is 10.1. The van der Waals surface area contributed by atoms with Crippen LogP contribution in [-0.4, -0.2) is 37.7 Å². The molecule has 0 radical (unpaired) electrons. The number of amides is 2. The van der Waals surface area contributed by atoms with Crippen LogP contribution in [-0.2, 0) is 9.59 Å². The van der Waals surface area contributed by atoms with Gasteiger partial charge in [-0.2, -0.15) is 5.10 Å². The van der Waals surface area contributed by atoms with Gasteiger partial charge in [0.1, 0.15) is 5.75 Å². The number of hydrogen-bond acceptors (Lipinski definition) is 7. The van der Waals surface area contributed by atoms with Gasteiger partial charge < -0.3 is 19.5 Å². The van der Waals surface area contributed by atoms with E-state index in [-0.39, 0.29) is 5.75 Å². The fourth-order valence-electron chi connectivity index (χ4n) is 2.82. The van der Waals surface area contributed by atoms with E-state index in [2.05, 4.69) is 15.8 Å². The summed E-state index contributed by atoms with van der Waals surface area (Å²) in [6.45, 7) is 1.64. The van der Waals surface area contributed by atoms with E-state index in [1.807, 2.05) is 0 Å². The number of methoxy groups -OCH3 is 2. The minimum absolute atomic E-state index is 0.232. The van der Waals surface area contributed by atoms with Gasteiger partial charge >= 0.3 is 17.8 Å². The Hall–Kier alpha value is -4.66. The summed E-state index contributed by atoms with van der Waals surface area (Å²) < 4.78 is 15.8. The summed E-state index contributed by atoms with van der Waals surface area (Å²) in [6, 6.07) is 19.9. The molecule has 3 aromatic rings. The number of hydrogen-bond donors (Lipinski definition) is 2. The molecule has 3 aromatic carbocycles. The van der Waals surface area contributed by atoms with Gasteiger partial charge in [-0.3, -0.25) is 9.59 Å². The first-order valence-corrected chi connectivity index (χ1v) is 10.2. The molecule has 9 nitrogen and oxygen atoms in total. The molecule has 174 valence electrons. The summed E-state index contributed by atoms with van der Waals surface area (Å²) in [7, 11) is 2.97. The highest BCUT2D eigenvalue weighted by molar-refractivity contribution is 6.39. The van der Waals surface area contributed by atoms with E-state index in [0.29, 0.717) is 34.0 Å². The minimum Gasteiger partial charge on any atom is -0.497 e. The van der Waals surface area contributed by atoms with Crippen molar-refractivity contribution >= 4 is 29.2 Å². The normalized spacial score (nSPS) is 10.7. The van der Waals surface area contributed by atoms with Gasteiger partial charge in [0.25, 0.3) is 0 Å². The second kappa shape index (κ2) is 11.3. The molecule has 3 rings (SSSR count). The maximum Gasteiger partial charge on any atom is 0.343 e. The van der Waals surface area contributed by atoms with E-state index in [0.717, 1.165) is 0 Å². The topological polar surface area (TPSA) is 115 Å². The Balaban J connectivity index is 1.64. The van der Waals surface area contributed by atoms with Crippen molar-refractivity contribution in [3.05, 3.63) is 83.9 Å². The zero-order valence-electron chi connectivity index (χ0n) is 18.8. The Morgan fingerprint density at radius 3 is 2.12 bits per heavy atom. The van der Waals surface area contributed by atoms with Gasteiger partial charge in [-0.05, 0) is 61.5 Å². The van der Waals surface area contributed by atoms with Crippen LogP contribution in [0.2, 0.25) is 0 Å². The predicted molar refractivity (Wildman–Crippen MR) is 126 cm³/mol. The van der Waals surface area contributed by atoms with Crippen molar-refractivity contribution in [2.75, 3.05) is 19.5 Å². The Kier molecular flexibility index (Phi) is 7.96. The average Bonchev–Trinajstić information content (AvgIpc) is 2.88. The minimum atomic E-state index is -0.935. The number of carbonyl (C=O) groups is 3. The molecule has 0 spiro atoms. The Bertz CT molecular complexity index is 1210. The Morgan fingerprint density at radius 1 is 0.765 bits per heavy atom. The van der Waals surface area contributed by atoms with Crippen LogP contribution in [0.4, 0.5) is 5.69 Å². The zero-order valence-corrected chi connectivity index (χ0v) is 18.8. The van der Waals surface area contributed by atoms with Crippen molar-refractivity contribution in [3.8, 4) is 17.2 Å². The molecule has 0 aliphatic rings. The van der Waals surface area contributed by atoms with Crippen molar-refractivity contribution in [3.63, 3.8) is 0 Å². The molecule has 0 saturated heterocycles. The lowest BCUT2D eigenvalue weighted by molar-refractivity contribution is -0.136. The maximum atomic E-state index is 12.3. The molecule has 0 unspecified atom stereocenters. The van der Waals surface area contributed by atoms with Crippen LogP contribution in [0.5, 0.6) is 17.2 Å². The largest absolute Gasteiger partial charge is 0.497 e. The molecule has 0 aliphatic carbocycles. The van der Waals surface area contributed by atoms with E-state index in [1.165, 1.54) is 14.2 Å². The molecular formula is C25H23N3O6. The van der Waals surface area contributed by atoms with E-state index in [4.69, 9.17) is 14.2 Å². The summed E-state index contributed by atoms with van der Waals surface area (Å²) in [4.78, 5) is 36.5. The van der Waals surface area contributed by atoms with Crippen molar-refractivity contribution < 1.29 is 28.6 Å². The second-order valence-electron chi connectivity index (χ2n) is 6.94. The van der Waals surface area contributed by atoms with Gasteiger partial charge in [-0.25, -0.2) is 10.2 Å². The third-order valence-corrected chi connectivity index (χ3v) is 4.67. The number of nitrogens with zero attached hydrogens (tertiary/aromatic N) is 1. The van der Waals surface area contributed by atoms with Gasteiger partial charge in [0, 0.05) is 11.3 Å². The number of anilines is 1. The molecule has 0 fully saturated rings. The first-order valence-electron chi connectivity index (χ1n) is 10.2. The molecule has 0 aromatic heterocycles. The SMILES string of the molecule is COc1ccc(NC(=O)C(=O)N/N=C(\C)c2ccc(OC(=O)c3ccccc3)c(OC)c2)cc1. The van der Waals surface area contributed by atoms with Crippen LogP contribution in [0.15, 0.2) is 77.9 Å². The summed E-state index contributed by atoms with van der Waals surface area (Å²) in [5.41, 5.74) is 4.05. The number of rotatable bonds is 7. The highest BCUT2D eigenvalue weighted by Gasteiger charge is 2.15. The average molecular weight is 461 g/mol. The van der Waals surface area contributed by atoms with E-state index in [9.17, 15) is 14.4 Å². The Labute approximate surface area is 196 Å². The molecule has 2 amide bonds. The van der Waals surface area contributed by atoms with Crippen LogP contribution in [0.1, 0.15) is 22.8 Å². The van der Waals surface area contributed by atoms with Gasteiger partial charge in [0.05, 0.1) is 25.5 Å². The van der Waals surface area contributed by atoms with E-state index < -0.39 is 17.8 Å². The van der Waals surface area contributed by atoms with Gasteiger partial charge in [-0.1, -0.05) is 18.2 Å². The molecule has 0 bridgehead atoms. The quantitative estimate of drug-likeness (QED) is 0.183. The fraction of sp³-hybridized carbons (Fsp3) is 0.120. The lowest BCUT2D eigenvalue weighted by Crippen LogP contribution is -2.32. The van der Waals surface area contributed by atoms with Crippen molar-refractivity contribution in [1.29, 1.82) is 0 Å². The van der Waals surface area contributed by atoms with Crippen molar-refractivity contribution in [2.24, 2.45) is 5.10 Å². The summed E-state index contributed by atoms with van der Waals surface area (Å²) in [6.07, 6.45) is 0. The molecule has 0 heterocycles.